The molecule has 116 valence electrons. The molecule has 1 aliphatic carbocycles. The van der Waals surface area contributed by atoms with Gasteiger partial charge in [0.2, 0.25) is 0 Å². The third-order valence-corrected chi connectivity index (χ3v) is 5.18. The highest BCUT2D eigenvalue weighted by molar-refractivity contribution is 9.10. The summed E-state index contributed by atoms with van der Waals surface area (Å²) in [6.07, 6.45) is 5.43. The fourth-order valence-corrected chi connectivity index (χ4v) is 3.67. The van der Waals surface area contributed by atoms with Crippen molar-refractivity contribution in [2.45, 2.75) is 38.3 Å². The first-order chi connectivity index (χ1) is 10.2. The van der Waals surface area contributed by atoms with Gasteiger partial charge in [0, 0.05) is 37.2 Å². The van der Waals surface area contributed by atoms with Crippen molar-refractivity contribution in [1.29, 1.82) is 0 Å². The predicted molar refractivity (Wildman–Crippen MR) is 92.9 cm³/mol. The number of rotatable bonds is 7. The van der Waals surface area contributed by atoms with Crippen molar-refractivity contribution in [3.8, 4) is 0 Å². The number of likely N-dealkylation sites (tertiary alicyclic amines) is 1. The van der Waals surface area contributed by atoms with Gasteiger partial charge in [-0.1, -0.05) is 6.07 Å². The van der Waals surface area contributed by atoms with Crippen LogP contribution >= 0.6 is 15.9 Å². The molecule has 0 atom stereocenters. The van der Waals surface area contributed by atoms with Crippen LogP contribution in [-0.4, -0.2) is 44.2 Å². The lowest BCUT2D eigenvalue weighted by atomic mass is 10.2. The van der Waals surface area contributed by atoms with E-state index in [1.54, 1.807) is 0 Å². The number of hydrogen-bond acceptors (Lipinski definition) is 3. The number of halogens is 1. The standard InChI is InChI=1S/C17H26BrN3/c1-20(10-11-21-8-2-3-9-21)17-7-4-14(12-16(17)18)13-19-15-5-6-15/h4,7,12,15,19H,2-3,5-6,8-11,13H2,1H3. The molecule has 0 radical (unpaired) electrons. The van der Waals surface area contributed by atoms with E-state index < -0.39 is 0 Å². The van der Waals surface area contributed by atoms with Crippen LogP contribution < -0.4 is 10.2 Å². The number of hydrogen-bond donors (Lipinski definition) is 1. The zero-order valence-corrected chi connectivity index (χ0v) is 14.5. The first kappa shape index (κ1) is 15.3. The van der Waals surface area contributed by atoms with Gasteiger partial charge in [0.25, 0.3) is 0 Å². The topological polar surface area (TPSA) is 18.5 Å². The summed E-state index contributed by atoms with van der Waals surface area (Å²) in [5, 5.41) is 3.57. The molecule has 1 aromatic carbocycles. The van der Waals surface area contributed by atoms with Crippen LogP contribution in [0, 0.1) is 0 Å². The molecule has 1 aromatic rings. The van der Waals surface area contributed by atoms with Gasteiger partial charge in [0.15, 0.2) is 0 Å². The lowest BCUT2D eigenvalue weighted by Gasteiger charge is -2.24. The van der Waals surface area contributed by atoms with E-state index >= 15 is 0 Å². The maximum Gasteiger partial charge on any atom is 0.0508 e. The van der Waals surface area contributed by atoms with Gasteiger partial charge in [0.05, 0.1) is 5.69 Å². The molecule has 0 unspecified atom stereocenters. The van der Waals surface area contributed by atoms with E-state index in [2.05, 4.69) is 56.3 Å². The van der Waals surface area contributed by atoms with Gasteiger partial charge in [-0.15, -0.1) is 0 Å². The Kier molecular flexibility index (Phi) is 5.19. The molecule has 1 aliphatic heterocycles. The first-order valence-electron chi connectivity index (χ1n) is 8.18. The average Bonchev–Trinajstić information content (AvgIpc) is 3.16. The van der Waals surface area contributed by atoms with Gasteiger partial charge in [-0.05, 0) is 72.4 Å². The van der Waals surface area contributed by atoms with Crippen molar-refractivity contribution >= 4 is 21.6 Å². The van der Waals surface area contributed by atoms with Crippen LogP contribution in [0.4, 0.5) is 5.69 Å². The molecule has 3 rings (SSSR count). The van der Waals surface area contributed by atoms with Gasteiger partial charge >= 0.3 is 0 Å². The molecule has 0 aromatic heterocycles. The maximum atomic E-state index is 3.74. The third kappa shape index (κ3) is 4.44. The molecule has 0 bridgehead atoms. The van der Waals surface area contributed by atoms with E-state index in [9.17, 15) is 0 Å². The second kappa shape index (κ2) is 7.12. The zero-order chi connectivity index (χ0) is 14.7. The summed E-state index contributed by atoms with van der Waals surface area (Å²) >= 11 is 3.74. The van der Waals surface area contributed by atoms with Crippen LogP contribution in [0.2, 0.25) is 0 Å². The predicted octanol–water partition coefficient (Wildman–Crippen LogP) is 3.23. The summed E-state index contributed by atoms with van der Waals surface area (Å²) in [6, 6.07) is 7.53. The normalized spacial score (nSPS) is 19.1. The van der Waals surface area contributed by atoms with Crippen LogP contribution in [0.5, 0.6) is 0 Å². The monoisotopic (exact) mass is 351 g/mol. The van der Waals surface area contributed by atoms with E-state index in [-0.39, 0.29) is 0 Å². The molecule has 1 saturated heterocycles. The summed E-state index contributed by atoms with van der Waals surface area (Å²) in [7, 11) is 2.19. The first-order valence-corrected chi connectivity index (χ1v) is 8.97. The quantitative estimate of drug-likeness (QED) is 0.813. The minimum absolute atomic E-state index is 0.770. The van der Waals surface area contributed by atoms with Crippen LogP contribution in [0.3, 0.4) is 0 Å². The summed E-state index contributed by atoms with van der Waals surface area (Å²) in [4.78, 5) is 4.93. The maximum absolute atomic E-state index is 3.74. The lowest BCUT2D eigenvalue weighted by Crippen LogP contribution is -2.31. The largest absolute Gasteiger partial charge is 0.372 e. The van der Waals surface area contributed by atoms with Gasteiger partial charge in [-0.25, -0.2) is 0 Å². The minimum atomic E-state index is 0.770. The number of anilines is 1. The van der Waals surface area contributed by atoms with E-state index in [0.29, 0.717) is 0 Å². The molecule has 2 aliphatic rings. The summed E-state index contributed by atoms with van der Waals surface area (Å²) in [5.74, 6) is 0. The van der Waals surface area contributed by atoms with Crippen molar-refractivity contribution in [2.24, 2.45) is 0 Å². The summed E-state index contributed by atoms with van der Waals surface area (Å²) in [5.41, 5.74) is 2.66. The lowest BCUT2D eigenvalue weighted by molar-refractivity contribution is 0.346. The van der Waals surface area contributed by atoms with Crippen molar-refractivity contribution in [3.63, 3.8) is 0 Å². The van der Waals surface area contributed by atoms with Crippen molar-refractivity contribution in [3.05, 3.63) is 28.2 Å². The molecule has 21 heavy (non-hydrogen) atoms. The molecule has 3 nitrogen and oxygen atoms in total. The molecule has 1 saturated carbocycles. The van der Waals surface area contributed by atoms with Crippen LogP contribution in [0.25, 0.3) is 0 Å². The Balaban J connectivity index is 1.52. The molecular formula is C17H26BrN3. The summed E-state index contributed by atoms with van der Waals surface area (Å²) in [6.45, 7) is 5.81. The van der Waals surface area contributed by atoms with E-state index in [0.717, 1.165) is 19.1 Å². The average molecular weight is 352 g/mol. The SMILES string of the molecule is CN(CCN1CCCC1)c1ccc(CNC2CC2)cc1Br. The van der Waals surface area contributed by atoms with Gasteiger partial charge in [0.1, 0.15) is 0 Å². The fourth-order valence-electron chi connectivity index (χ4n) is 2.94. The minimum Gasteiger partial charge on any atom is -0.372 e. The van der Waals surface area contributed by atoms with E-state index in [1.165, 1.54) is 61.0 Å². The van der Waals surface area contributed by atoms with Crippen molar-refractivity contribution in [2.75, 3.05) is 38.1 Å². The van der Waals surface area contributed by atoms with E-state index in [1.807, 2.05) is 0 Å². The summed E-state index contributed by atoms with van der Waals surface area (Å²) < 4.78 is 1.21. The number of likely N-dealkylation sites (N-methyl/N-ethyl adjacent to an activating group) is 1. The third-order valence-electron chi connectivity index (χ3n) is 4.55. The smallest absolute Gasteiger partial charge is 0.0508 e. The Morgan fingerprint density at radius 3 is 2.71 bits per heavy atom. The van der Waals surface area contributed by atoms with Gasteiger partial charge in [-0.3, -0.25) is 0 Å². The molecule has 0 spiro atoms. The molecule has 1 heterocycles. The van der Waals surface area contributed by atoms with Gasteiger partial charge < -0.3 is 15.1 Å². The molecule has 1 N–H and O–H groups in total. The Bertz CT molecular complexity index is 467. The Morgan fingerprint density at radius 1 is 1.29 bits per heavy atom. The zero-order valence-electron chi connectivity index (χ0n) is 12.9. The van der Waals surface area contributed by atoms with E-state index in [4.69, 9.17) is 0 Å². The molecular weight excluding hydrogens is 326 g/mol. The Hall–Kier alpha value is -0.580. The van der Waals surface area contributed by atoms with Gasteiger partial charge in [-0.2, -0.15) is 0 Å². The van der Waals surface area contributed by atoms with Crippen molar-refractivity contribution < 1.29 is 0 Å². The van der Waals surface area contributed by atoms with Crippen LogP contribution in [0.1, 0.15) is 31.2 Å². The molecule has 4 heteroatoms. The highest BCUT2D eigenvalue weighted by Gasteiger charge is 2.20. The highest BCUT2D eigenvalue weighted by atomic mass is 79.9. The molecule has 0 amide bonds. The Labute approximate surface area is 136 Å². The molecule has 2 fully saturated rings. The van der Waals surface area contributed by atoms with Crippen LogP contribution in [0.15, 0.2) is 22.7 Å². The Morgan fingerprint density at radius 2 is 2.05 bits per heavy atom. The second-order valence-electron chi connectivity index (χ2n) is 6.41. The fraction of sp³-hybridized carbons (Fsp3) is 0.647. The highest BCUT2D eigenvalue weighted by Crippen LogP contribution is 2.27. The van der Waals surface area contributed by atoms with Crippen molar-refractivity contribution in [1.82, 2.24) is 10.2 Å². The second-order valence-corrected chi connectivity index (χ2v) is 7.27. The van der Waals surface area contributed by atoms with Crippen LogP contribution in [-0.2, 0) is 6.54 Å². The number of nitrogens with zero attached hydrogens (tertiary/aromatic N) is 2. The number of nitrogens with one attached hydrogen (secondary N) is 1. The number of benzene rings is 1.